The van der Waals surface area contributed by atoms with Crippen molar-refractivity contribution in [2.75, 3.05) is 18.5 Å². The molecule has 75 heavy (non-hydrogen) atoms. The first kappa shape index (κ1) is 64.8. The topological polar surface area (TPSA) is 299 Å². The van der Waals surface area contributed by atoms with Gasteiger partial charge in [0.2, 0.25) is 5.69 Å². The molecule has 2 amide bonds. The molecule has 0 unspecified atom stereocenters. The molecule has 1 aliphatic carbocycles. The first-order chi connectivity index (χ1) is 33.4. The molecule has 8 rings (SSSR count). The van der Waals surface area contributed by atoms with Gasteiger partial charge in [-0.25, -0.2) is 38.5 Å². The van der Waals surface area contributed by atoms with Crippen molar-refractivity contribution in [3.05, 3.63) is 107 Å². The smallest absolute Gasteiger partial charge is 0.744 e. The van der Waals surface area contributed by atoms with E-state index in [9.17, 15) is 66.3 Å². The molecule has 0 aromatic heterocycles. The third-order valence-corrected chi connectivity index (χ3v) is 17.1. The molecule has 0 bridgehead atoms. The van der Waals surface area contributed by atoms with E-state index in [2.05, 4.69) is 0 Å². The number of carbonyl (C=O) groups is 3. The second-order valence-corrected chi connectivity index (χ2v) is 24.6. The van der Waals surface area contributed by atoms with Gasteiger partial charge < -0.3 is 27.9 Å². The fraction of sp³-hybridized carbons (Fsp3) is 0.347. The quantitative estimate of drug-likeness (QED) is 0.0401. The van der Waals surface area contributed by atoms with Gasteiger partial charge in [0, 0.05) is 65.7 Å². The van der Waals surface area contributed by atoms with Crippen LogP contribution >= 0.6 is 0 Å². The van der Waals surface area contributed by atoms with Crippen LogP contribution in [-0.4, -0.2) is 98.6 Å². The Kier molecular flexibility index (Phi) is 20.9. The molecule has 382 valence electrons. The van der Waals surface area contributed by atoms with Crippen LogP contribution in [0.15, 0.2) is 115 Å². The number of carbonyl (C=O) groups excluding carboxylic acids is 3. The van der Waals surface area contributed by atoms with Gasteiger partial charge in [-0.3, -0.25) is 9.59 Å². The fourth-order valence-corrected chi connectivity index (χ4v) is 13.1. The monoisotopic (exact) mass is 1180 g/mol. The van der Waals surface area contributed by atoms with Gasteiger partial charge in [-0.2, -0.15) is 4.58 Å². The molecule has 4 aromatic carbocycles. The van der Waals surface area contributed by atoms with E-state index in [1.54, 1.807) is 19.2 Å². The number of allylic oxidation sites excluding steroid dienone is 8. The van der Waals surface area contributed by atoms with E-state index < -0.39 is 88.7 Å². The summed E-state index contributed by atoms with van der Waals surface area (Å²) < 4.78 is 150. The Morgan fingerprint density at radius 1 is 0.653 bits per heavy atom. The molecule has 0 spiro atoms. The maximum absolute atomic E-state index is 12.5. The van der Waals surface area contributed by atoms with Crippen LogP contribution in [-0.2, 0) is 70.5 Å². The molecule has 0 radical (unpaired) electrons. The number of rotatable bonds is 14. The number of hydrogen-bond acceptors (Lipinski definition) is 17. The summed E-state index contributed by atoms with van der Waals surface area (Å²) in [6, 6.07) is 9.44. The van der Waals surface area contributed by atoms with Crippen molar-refractivity contribution in [1.29, 1.82) is 0 Å². The Labute approximate surface area is 563 Å². The van der Waals surface area contributed by atoms with E-state index in [0.29, 0.717) is 84.0 Å². The number of benzene rings is 4. The van der Waals surface area contributed by atoms with E-state index in [-0.39, 0.29) is 195 Å². The number of nitrogens with zero attached hydrogens (tertiary/aromatic N) is 3. The van der Waals surface area contributed by atoms with Crippen LogP contribution in [0.5, 0.6) is 0 Å². The summed E-state index contributed by atoms with van der Waals surface area (Å²) >= 11 is 0. The minimum absolute atomic E-state index is 0. The standard InChI is InChI=1S/C49H51N3O16S4.3K/c1-48(2)41(50(5)37-17-15-33-35(46(37)48)25-31(69(56,57)58)27-39(33)71(62,63)64)19-13-29-10-9-11-30(24-29)14-20-42-49(3,4)47-36-26-32(70(59,60)61)28-40(72(65,66)67)34(36)16-18-38(47)51(42)23-8-6-7-12-45(55)68-52-43(53)21-22-44(52)54;;;/h13-20,24-28H,6-12,21-23H2,1-5H3,(H3-,56,57,58,59,60,61,62,63,64,65,66,67);;;/q;3*+1/p-3. The molecule has 1 fully saturated rings. The summed E-state index contributed by atoms with van der Waals surface area (Å²) in [6.45, 7) is 7.75. The summed E-state index contributed by atoms with van der Waals surface area (Å²) in [5, 5.41) is 0.631. The van der Waals surface area contributed by atoms with Gasteiger partial charge in [0.25, 0.3) is 11.8 Å². The molecule has 19 nitrogen and oxygen atoms in total. The van der Waals surface area contributed by atoms with Crippen LogP contribution in [0, 0.1) is 0 Å². The zero-order valence-electron chi connectivity index (χ0n) is 42.6. The Hall–Kier alpha value is -1.01. The molecular formula is C49H48K3N3O16S4. The number of hydrogen-bond donors (Lipinski definition) is 0. The van der Waals surface area contributed by atoms with Crippen LogP contribution < -0.4 is 159 Å². The van der Waals surface area contributed by atoms with E-state index >= 15 is 0 Å². The molecule has 26 heteroatoms. The van der Waals surface area contributed by atoms with Gasteiger partial charge in [0.05, 0.1) is 25.0 Å². The second-order valence-electron chi connectivity index (χ2n) is 19.2. The van der Waals surface area contributed by atoms with Crippen LogP contribution in [0.1, 0.15) is 96.6 Å². The minimum Gasteiger partial charge on any atom is -0.744 e. The van der Waals surface area contributed by atoms with Crippen LogP contribution in [0.2, 0.25) is 0 Å². The van der Waals surface area contributed by atoms with Crippen molar-refractivity contribution < 1.29 is 230 Å². The van der Waals surface area contributed by atoms with Gasteiger partial charge in [-0.15, -0.1) is 5.06 Å². The molecule has 3 heterocycles. The van der Waals surface area contributed by atoms with E-state index in [0.717, 1.165) is 35.4 Å². The average Bonchev–Trinajstić information content (AvgIpc) is 3.79. The van der Waals surface area contributed by atoms with Gasteiger partial charge in [0.15, 0.2) is 5.71 Å². The molecule has 3 aliphatic heterocycles. The Bertz CT molecular complexity index is 3700. The van der Waals surface area contributed by atoms with Crippen molar-refractivity contribution in [3.8, 4) is 0 Å². The maximum atomic E-state index is 12.5. The molecule has 0 N–H and O–H groups in total. The van der Waals surface area contributed by atoms with E-state index in [1.807, 2.05) is 67.6 Å². The van der Waals surface area contributed by atoms with Crippen molar-refractivity contribution in [1.82, 2.24) is 5.06 Å². The Morgan fingerprint density at radius 3 is 1.75 bits per heavy atom. The molecule has 4 aliphatic rings. The van der Waals surface area contributed by atoms with Gasteiger partial charge in [0.1, 0.15) is 47.5 Å². The third kappa shape index (κ3) is 13.4. The zero-order chi connectivity index (χ0) is 52.7. The normalized spacial score (nSPS) is 18.6. The maximum Gasteiger partial charge on any atom is 1.00 e. The third-order valence-electron chi connectivity index (χ3n) is 13.7. The second kappa shape index (κ2) is 24.2. The molecule has 0 atom stereocenters. The summed E-state index contributed by atoms with van der Waals surface area (Å²) in [5.74, 6) is -1.93. The van der Waals surface area contributed by atoms with E-state index in [1.165, 1.54) is 12.1 Å². The van der Waals surface area contributed by atoms with Crippen molar-refractivity contribution in [3.63, 3.8) is 0 Å². The SMILES string of the molecule is C[N+]1=C(C=CC2=CC(=CC=C3N(CCCCCC(=O)ON4C(=O)CCC4=O)c4ccc5c(S(=O)(=O)[O-])cc(S(=O)(=O)[O-])cc5c4C3(C)C)CCC2)C(C)(C)c2c1ccc1c(S(=O)(=O)[O-])cc(S(=O)(=O)[O-])cc21.[K+].[K+].[K+]. The summed E-state index contributed by atoms with van der Waals surface area (Å²) in [6.07, 6.45) is 13.0. The number of imide groups is 1. The molecule has 1 saturated heterocycles. The molecule has 4 aromatic rings. The van der Waals surface area contributed by atoms with Gasteiger partial charge in [-0.1, -0.05) is 44.6 Å². The number of unbranched alkanes of at least 4 members (excludes halogenated alkanes) is 2. The fourth-order valence-electron chi connectivity index (χ4n) is 10.4. The summed E-state index contributed by atoms with van der Waals surface area (Å²) in [7, 11) is -19.1. The van der Waals surface area contributed by atoms with Crippen LogP contribution in [0.25, 0.3) is 21.5 Å². The molecular weight excluding hydrogens is 1130 g/mol. The van der Waals surface area contributed by atoms with Crippen LogP contribution in [0.3, 0.4) is 0 Å². The predicted molar refractivity (Wildman–Crippen MR) is 257 cm³/mol. The van der Waals surface area contributed by atoms with E-state index in [4.69, 9.17) is 4.84 Å². The van der Waals surface area contributed by atoms with Crippen LogP contribution in [0.4, 0.5) is 11.4 Å². The minimum atomic E-state index is -5.27. The summed E-state index contributed by atoms with van der Waals surface area (Å²) in [5.41, 5.74) is 3.59. The molecule has 0 saturated carbocycles. The largest absolute Gasteiger partial charge is 1.00 e. The first-order valence-corrected chi connectivity index (χ1v) is 28.4. The first-order valence-electron chi connectivity index (χ1n) is 22.7. The van der Waals surface area contributed by atoms with Crippen molar-refractivity contribution in [2.24, 2.45) is 0 Å². The number of hydroxylamine groups is 2. The van der Waals surface area contributed by atoms with Crippen molar-refractivity contribution in [2.45, 2.75) is 116 Å². The Balaban J connectivity index is 0.00000347. The van der Waals surface area contributed by atoms with Gasteiger partial charge >= 0.3 is 160 Å². The van der Waals surface area contributed by atoms with Gasteiger partial charge in [-0.05, 0) is 121 Å². The number of fused-ring (bicyclic) bond motifs is 6. The zero-order valence-corrected chi connectivity index (χ0v) is 55.2. The van der Waals surface area contributed by atoms with Crippen molar-refractivity contribution >= 4 is 96.9 Å². The summed E-state index contributed by atoms with van der Waals surface area (Å²) in [4.78, 5) is 39.9. The predicted octanol–water partition coefficient (Wildman–Crippen LogP) is -2.93. The number of anilines is 1. The number of amides is 2. The Morgan fingerprint density at radius 2 is 1.20 bits per heavy atom. The average molecular weight is 1180 g/mol.